The van der Waals surface area contributed by atoms with Gasteiger partial charge in [-0.25, -0.2) is 12.8 Å². The van der Waals surface area contributed by atoms with Crippen LogP contribution in [0, 0.1) is 12.7 Å². The molecule has 0 radical (unpaired) electrons. The summed E-state index contributed by atoms with van der Waals surface area (Å²) >= 11 is 0. The van der Waals surface area contributed by atoms with Crippen molar-refractivity contribution in [1.29, 1.82) is 0 Å². The highest BCUT2D eigenvalue weighted by molar-refractivity contribution is 7.89. The quantitative estimate of drug-likeness (QED) is 0.830. The molecule has 1 aliphatic heterocycles. The predicted molar refractivity (Wildman–Crippen MR) is 78.8 cm³/mol. The molecule has 0 aromatic heterocycles. The van der Waals surface area contributed by atoms with Crippen LogP contribution in [-0.4, -0.2) is 37.0 Å². The van der Waals surface area contributed by atoms with Crippen molar-refractivity contribution in [3.63, 3.8) is 0 Å². The lowest BCUT2D eigenvalue weighted by Crippen LogP contribution is -2.42. The fraction of sp³-hybridized carbons (Fsp3) is 0.571. The summed E-state index contributed by atoms with van der Waals surface area (Å²) in [5, 5.41) is 9.45. The first kappa shape index (κ1) is 16.2. The minimum Gasteiger partial charge on any atom is -0.398 e. The molecule has 1 aromatic carbocycles. The number of nitrogens with two attached hydrogens (primary N) is 1. The van der Waals surface area contributed by atoms with Gasteiger partial charge in [-0.1, -0.05) is 12.8 Å². The van der Waals surface area contributed by atoms with Crippen LogP contribution in [0.25, 0.3) is 0 Å². The Hall–Kier alpha value is -1.18. The molecule has 1 atom stereocenters. The normalized spacial score (nSPS) is 21.2. The van der Waals surface area contributed by atoms with Gasteiger partial charge in [-0.05, 0) is 31.9 Å². The Kier molecular flexibility index (Phi) is 4.85. The third-order valence-electron chi connectivity index (χ3n) is 4.00. The van der Waals surface area contributed by atoms with Crippen molar-refractivity contribution in [2.75, 3.05) is 18.9 Å². The number of aliphatic hydroxyl groups is 1. The molecule has 3 N–H and O–H groups in total. The monoisotopic (exact) mass is 316 g/mol. The second-order valence-electron chi connectivity index (χ2n) is 5.42. The Morgan fingerprint density at radius 3 is 2.71 bits per heavy atom. The van der Waals surface area contributed by atoms with Gasteiger partial charge in [-0.2, -0.15) is 4.31 Å². The lowest BCUT2D eigenvalue weighted by molar-refractivity contribution is 0.186. The van der Waals surface area contributed by atoms with E-state index in [-0.39, 0.29) is 22.8 Å². The van der Waals surface area contributed by atoms with Crippen LogP contribution in [-0.2, 0) is 10.0 Å². The van der Waals surface area contributed by atoms with Crippen molar-refractivity contribution in [3.05, 3.63) is 23.5 Å². The van der Waals surface area contributed by atoms with E-state index in [1.807, 2.05) is 0 Å². The van der Waals surface area contributed by atoms with E-state index in [9.17, 15) is 17.9 Å². The summed E-state index contributed by atoms with van der Waals surface area (Å²) in [7, 11) is -3.86. The molecule has 1 aromatic rings. The van der Waals surface area contributed by atoms with Crippen LogP contribution in [0.5, 0.6) is 0 Å². The van der Waals surface area contributed by atoms with Crippen molar-refractivity contribution in [2.24, 2.45) is 0 Å². The molecule has 118 valence electrons. The number of aliphatic hydroxyl groups excluding tert-OH is 1. The topological polar surface area (TPSA) is 83.6 Å². The highest BCUT2D eigenvalue weighted by Gasteiger charge is 2.32. The summed E-state index contributed by atoms with van der Waals surface area (Å²) in [4.78, 5) is -0.150. The van der Waals surface area contributed by atoms with E-state index in [4.69, 9.17) is 5.73 Å². The number of anilines is 1. The zero-order chi connectivity index (χ0) is 15.6. The molecule has 5 nitrogen and oxygen atoms in total. The summed E-state index contributed by atoms with van der Waals surface area (Å²) in [6.45, 7) is 1.61. The van der Waals surface area contributed by atoms with Gasteiger partial charge in [-0.3, -0.25) is 0 Å². The van der Waals surface area contributed by atoms with Gasteiger partial charge < -0.3 is 10.8 Å². The van der Waals surface area contributed by atoms with Gasteiger partial charge in [0.15, 0.2) is 0 Å². The van der Waals surface area contributed by atoms with Gasteiger partial charge in [0.1, 0.15) is 5.82 Å². The molecule has 1 aliphatic rings. The van der Waals surface area contributed by atoms with E-state index in [0.717, 1.165) is 25.3 Å². The zero-order valence-electron chi connectivity index (χ0n) is 12.0. The maximum Gasteiger partial charge on any atom is 0.243 e. The largest absolute Gasteiger partial charge is 0.398 e. The second-order valence-corrected chi connectivity index (χ2v) is 7.31. The van der Waals surface area contributed by atoms with Crippen LogP contribution >= 0.6 is 0 Å². The van der Waals surface area contributed by atoms with E-state index in [2.05, 4.69) is 0 Å². The van der Waals surface area contributed by atoms with E-state index < -0.39 is 21.9 Å². The van der Waals surface area contributed by atoms with Gasteiger partial charge in [0.05, 0.1) is 11.5 Å². The van der Waals surface area contributed by atoms with Gasteiger partial charge in [0, 0.05) is 23.8 Å². The molecule has 0 saturated carbocycles. The van der Waals surface area contributed by atoms with Crippen LogP contribution in [0.4, 0.5) is 10.1 Å². The first-order valence-corrected chi connectivity index (χ1v) is 8.50. The average molecular weight is 316 g/mol. The average Bonchev–Trinajstić information content (AvgIpc) is 2.69. The summed E-state index contributed by atoms with van der Waals surface area (Å²) in [6, 6.07) is 1.83. The molecular formula is C14H21FN2O3S. The fourth-order valence-electron chi connectivity index (χ4n) is 2.61. The maximum absolute atomic E-state index is 13.8. The van der Waals surface area contributed by atoms with E-state index >= 15 is 0 Å². The van der Waals surface area contributed by atoms with Crippen LogP contribution in [0.15, 0.2) is 17.0 Å². The Balaban J connectivity index is 2.44. The number of rotatable bonds is 3. The lowest BCUT2D eigenvalue weighted by Gasteiger charge is -2.27. The smallest absolute Gasteiger partial charge is 0.243 e. The molecular weight excluding hydrogens is 295 g/mol. The Morgan fingerprint density at radius 2 is 2.10 bits per heavy atom. The summed E-state index contributed by atoms with van der Waals surface area (Å²) in [5.41, 5.74) is 6.03. The van der Waals surface area contributed by atoms with Gasteiger partial charge in [0.2, 0.25) is 10.0 Å². The standard InChI is InChI=1S/C14H21FN2O3S/c1-10-13(15)7-12(8-14(10)16)21(19,20)17-6-4-2-3-5-11(17)9-18/h7-8,11,18H,2-6,9,16H2,1H3. The van der Waals surface area contributed by atoms with E-state index in [1.165, 1.54) is 17.3 Å². The number of hydrogen-bond donors (Lipinski definition) is 2. The molecule has 0 amide bonds. The van der Waals surface area contributed by atoms with Crippen molar-refractivity contribution < 1.29 is 17.9 Å². The number of nitrogens with zero attached hydrogens (tertiary/aromatic N) is 1. The van der Waals surface area contributed by atoms with Gasteiger partial charge in [0.25, 0.3) is 0 Å². The van der Waals surface area contributed by atoms with Crippen LogP contribution < -0.4 is 5.73 Å². The minimum atomic E-state index is -3.86. The molecule has 7 heteroatoms. The summed E-state index contributed by atoms with van der Waals surface area (Å²) < 4.78 is 40.5. The molecule has 0 spiro atoms. The molecule has 2 rings (SSSR count). The number of sulfonamides is 1. The van der Waals surface area contributed by atoms with Crippen LogP contribution in [0.3, 0.4) is 0 Å². The number of hydrogen-bond acceptors (Lipinski definition) is 4. The second kappa shape index (κ2) is 6.29. The number of halogens is 1. The first-order chi connectivity index (χ1) is 9.87. The van der Waals surface area contributed by atoms with Crippen molar-refractivity contribution in [2.45, 2.75) is 43.5 Å². The van der Waals surface area contributed by atoms with Crippen LogP contribution in [0.2, 0.25) is 0 Å². The minimum absolute atomic E-state index is 0.115. The molecule has 0 bridgehead atoms. The SMILES string of the molecule is Cc1c(N)cc(S(=O)(=O)N2CCCCCC2CO)cc1F. The number of nitrogen functional groups attached to an aromatic ring is 1. The highest BCUT2D eigenvalue weighted by atomic mass is 32.2. The van der Waals surface area contributed by atoms with Gasteiger partial charge >= 0.3 is 0 Å². The Labute approximate surface area is 124 Å². The van der Waals surface area contributed by atoms with E-state index in [1.54, 1.807) is 0 Å². The molecule has 0 aliphatic carbocycles. The third-order valence-corrected chi connectivity index (χ3v) is 5.93. The predicted octanol–water partition coefficient (Wildman–Crippen LogP) is 1.64. The van der Waals surface area contributed by atoms with Crippen molar-refractivity contribution in [1.82, 2.24) is 4.31 Å². The van der Waals surface area contributed by atoms with Gasteiger partial charge in [-0.15, -0.1) is 0 Å². The molecule has 1 heterocycles. The lowest BCUT2D eigenvalue weighted by atomic mass is 10.1. The molecule has 1 saturated heterocycles. The van der Waals surface area contributed by atoms with E-state index in [0.29, 0.717) is 13.0 Å². The third kappa shape index (κ3) is 3.20. The number of benzene rings is 1. The highest BCUT2D eigenvalue weighted by Crippen LogP contribution is 2.27. The molecule has 1 fully saturated rings. The van der Waals surface area contributed by atoms with Crippen molar-refractivity contribution >= 4 is 15.7 Å². The Morgan fingerprint density at radius 1 is 1.38 bits per heavy atom. The first-order valence-electron chi connectivity index (χ1n) is 7.06. The molecule has 21 heavy (non-hydrogen) atoms. The fourth-order valence-corrected chi connectivity index (χ4v) is 4.34. The summed E-state index contributed by atoms with van der Waals surface area (Å²) in [5.74, 6) is -0.635. The summed E-state index contributed by atoms with van der Waals surface area (Å²) in [6.07, 6.45) is 3.15. The van der Waals surface area contributed by atoms with Crippen LogP contribution in [0.1, 0.15) is 31.2 Å². The van der Waals surface area contributed by atoms with Crippen molar-refractivity contribution in [3.8, 4) is 0 Å². The molecule has 1 unspecified atom stereocenters. The maximum atomic E-state index is 13.8. The Bertz CT molecular complexity index is 596. The zero-order valence-corrected chi connectivity index (χ0v) is 12.9.